The van der Waals surface area contributed by atoms with Crippen molar-refractivity contribution in [1.29, 1.82) is 0 Å². The summed E-state index contributed by atoms with van der Waals surface area (Å²) < 4.78 is 29.0. The van der Waals surface area contributed by atoms with Gasteiger partial charge in [0.2, 0.25) is 0 Å². The van der Waals surface area contributed by atoms with Crippen molar-refractivity contribution in [3.05, 3.63) is 88.6 Å². The largest absolute Gasteiger partial charge is 0.384 e. The highest BCUT2D eigenvalue weighted by atomic mass is 127. The first kappa shape index (κ1) is 23.3. The maximum Gasteiger partial charge on any atom is 0.259 e. The number of alkyl halides is 1. The SMILES string of the molecule is CN=C(N)c1ccc(C(=O)Nc2ccc(F)cc2C(=O)Nc2ccc(CI)cn2)c(F)c1. The van der Waals surface area contributed by atoms with Crippen LogP contribution in [0.5, 0.6) is 0 Å². The van der Waals surface area contributed by atoms with Gasteiger partial charge < -0.3 is 16.4 Å². The van der Waals surface area contributed by atoms with E-state index in [1.807, 2.05) is 0 Å². The fourth-order valence-electron chi connectivity index (χ4n) is 2.75. The van der Waals surface area contributed by atoms with Crippen LogP contribution in [0.3, 0.4) is 0 Å². The Hall–Kier alpha value is -3.41. The van der Waals surface area contributed by atoms with Gasteiger partial charge >= 0.3 is 0 Å². The van der Waals surface area contributed by atoms with E-state index < -0.39 is 23.4 Å². The normalized spacial score (nSPS) is 11.2. The number of amides is 2. The number of aliphatic imine (C=N–C) groups is 1. The number of nitrogens with one attached hydrogen (secondary N) is 2. The summed E-state index contributed by atoms with van der Waals surface area (Å²) >= 11 is 2.18. The van der Waals surface area contributed by atoms with E-state index >= 15 is 0 Å². The van der Waals surface area contributed by atoms with E-state index in [1.54, 1.807) is 18.3 Å². The number of hydrogen-bond donors (Lipinski definition) is 3. The topological polar surface area (TPSA) is 109 Å². The Balaban J connectivity index is 1.84. The van der Waals surface area contributed by atoms with Crippen molar-refractivity contribution in [3.8, 4) is 0 Å². The molecular weight excluding hydrogens is 531 g/mol. The Morgan fingerprint density at radius 1 is 1.03 bits per heavy atom. The van der Waals surface area contributed by atoms with Gasteiger partial charge in [-0.05, 0) is 42.0 Å². The number of rotatable bonds is 6. The molecule has 0 atom stereocenters. The minimum atomic E-state index is -0.820. The molecule has 0 saturated carbocycles. The van der Waals surface area contributed by atoms with Gasteiger partial charge in [0, 0.05) is 23.2 Å². The number of carbonyl (C=O) groups is 2. The fourth-order valence-corrected chi connectivity index (χ4v) is 3.20. The molecule has 3 rings (SSSR count). The molecule has 0 unspecified atom stereocenters. The van der Waals surface area contributed by atoms with E-state index in [9.17, 15) is 18.4 Å². The molecule has 0 aliphatic heterocycles. The van der Waals surface area contributed by atoms with Gasteiger partial charge in [-0.25, -0.2) is 13.8 Å². The van der Waals surface area contributed by atoms with Crippen molar-refractivity contribution in [2.24, 2.45) is 10.7 Å². The van der Waals surface area contributed by atoms with Crippen LogP contribution in [0.15, 0.2) is 59.7 Å². The molecule has 10 heteroatoms. The summed E-state index contributed by atoms with van der Waals surface area (Å²) in [4.78, 5) is 33.2. The van der Waals surface area contributed by atoms with Crippen LogP contribution in [0.25, 0.3) is 0 Å². The summed E-state index contributed by atoms with van der Waals surface area (Å²) in [7, 11) is 1.46. The average Bonchev–Trinajstić information content (AvgIpc) is 2.79. The van der Waals surface area contributed by atoms with Crippen LogP contribution in [0, 0.1) is 11.6 Å². The zero-order chi connectivity index (χ0) is 23.3. The van der Waals surface area contributed by atoms with E-state index in [0.717, 1.165) is 28.2 Å². The molecule has 1 aromatic heterocycles. The van der Waals surface area contributed by atoms with E-state index in [1.165, 1.54) is 25.2 Å². The summed E-state index contributed by atoms with van der Waals surface area (Å²) in [5.41, 5.74) is 6.55. The lowest BCUT2D eigenvalue weighted by Gasteiger charge is -2.12. The molecule has 0 fully saturated rings. The monoisotopic (exact) mass is 549 g/mol. The number of aromatic nitrogens is 1. The van der Waals surface area contributed by atoms with Gasteiger partial charge in [-0.3, -0.25) is 14.6 Å². The van der Waals surface area contributed by atoms with E-state index in [2.05, 4.69) is 43.2 Å². The van der Waals surface area contributed by atoms with Crippen molar-refractivity contribution in [2.45, 2.75) is 4.43 Å². The quantitative estimate of drug-likeness (QED) is 0.186. The Morgan fingerprint density at radius 3 is 2.41 bits per heavy atom. The molecule has 1 heterocycles. The Bertz CT molecular complexity index is 1200. The first-order chi connectivity index (χ1) is 15.3. The van der Waals surface area contributed by atoms with Gasteiger partial charge in [-0.2, -0.15) is 0 Å². The molecule has 0 aliphatic rings. The zero-order valence-corrected chi connectivity index (χ0v) is 19.0. The van der Waals surface area contributed by atoms with Crippen molar-refractivity contribution in [3.63, 3.8) is 0 Å². The Morgan fingerprint density at radius 2 is 1.78 bits per heavy atom. The van der Waals surface area contributed by atoms with E-state index in [-0.39, 0.29) is 28.5 Å². The number of hydrogen-bond acceptors (Lipinski definition) is 4. The number of carbonyl (C=O) groups excluding carboxylic acids is 2. The van der Waals surface area contributed by atoms with Gasteiger partial charge in [0.1, 0.15) is 23.3 Å². The lowest BCUT2D eigenvalue weighted by molar-refractivity contribution is 0.102. The first-order valence-corrected chi connectivity index (χ1v) is 10.8. The van der Waals surface area contributed by atoms with Crippen LogP contribution in [0.1, 0.15) is 31.8 Å². The summed E-state index contributed by atoms with van der Waals surface area (Å²) in [6, 6.07) is 10.5. The van der Waals surface area contributed by atoms with Crippen molar-refractivity contribution in [1.82, 2.24) is 4.98 Å². The summed E-state index contributed by atoms with van der Waals surface area (Å²) in [6.07, 6.45) is 1.61. The van der Waals surface area contributed by atoms with Crippen LogP contribution in [-0.4, -0.2) is 29.7 Å². The molecule has 2 aromatic carbocycles. The molecule has 4 N–H and O–H groups in total. The predicted molar refractivity (Wildman–Crippen MR) is 127 cm³/mol. The number of benzene rings is 2. The number of halogens is 3. The van der Waals surface area contributed by atoms with Crippen LogP contribution in [0.2, 0.25) is 0 Å². The number of nitrogens with zero attached hydrogens (tertiary/aromatic N) is 2. The second kappa shape index (κ2) is 10.3. The summed E-state index contributed by atoms with van der Waals surface area (Å²) in [5.74, 6) is -2.61. The van der Waals surface area contributed by atoms with Crippen LogP contribution >= 0.6 is 22.6 Å². The van der Waals surface area contributed by atoms with Crippen LogP contribution in [-0.2, 0) is 4.43 Å². The number of anilines is 2. The smallest absolute Gasteiger partial charge is 0.259 e. The predicted octanol–water partition coefficient (Wildman–Crippen LogP) is 4.13. The summed E-state index contributed by atoms with van der Waals surface area (Å²) in [6.45, 7) is 0. The third kappa shape index (κ3) is 5.44. The second-order valence-electron chi connectivity index (χ2n) is 6.59. The number of amidine groups is 1. The zero-order valence-electron chi connectivity index (χ0n) is 16.8. The van der Waals surface area contributed by atoms with Crippen molar-refractivity contribution in [2.75, 3.05) is 17.7 Å². The Labute approximate surface area is 196 Å². The van der Waals surface area contributed by atoms with E-state index in [4.69, 9.17) is 5.73 Å². The van der Waals surface area contributed by atoms with Gasteiger partial charge in [-0.1, -0.05) is 34.7 Å². The van der Waals surface area contributed by atoms with Gasteiger partial charge in [-0.15, -0.1) is 0 Å². The van der Waals surface area contributed by atoms with Crippen molar-refractivity contribution < 1.29 is 18.4 Å². The average molecular weight is 549 g/mol. The molecule has 0 saturated heterocycles. The van der Waals surface area contributed by atoms with Crippen LogP contribution in [0.4, 0.5) is 20.3 Å². The molecule has 164 valence electrons. The first-order valence-electron chi connectivity index (χ1n) is 9.27. The highest BCUT2D eigenvalue weighted by Gasteiger charge is 2.19. The Kier molecular flexibility index (Phi) is 7.46. The standard InChI is InChI=1S/C22H18F2IN5O2/c1-27-20(26)13-3-5-15(17(24)8-13)21(31)29-18-6-4-14(23)9-16(18)22(32)30-19-7-2-12(10-25)11-28-19/h2-9,11H,10H2,1H3,(H2,26,27)(H,29,31)(H,28,30,32). The highest BCUT2D eigenvalue weighted by Crippen LogP contribution is 2.21. The maximum atomic E-state index is 14.5. The molecule has 7 nitrogen and oxygen atoms in total. The lowest BCUT2D eigenvalue weighted by Crippen LogP contribution is -2.20. The second-order valence-corrected chi connectivity index (χ2v) is 7.35. The lowest BCUT2D eigenvalue weighted by atomic mass is 10.1. The molecule has 32 heavy (non-hydrogen) atoms. The molecule has 0 spiro atoms. The third-order valence-electron chi connectivity index (χ3n) is 4.45. The third-order valence-corrected chi connectivity index (χ3v) is 5.33. The minimum absolute atomic E-state index is 0.0101. The van der Waals surface area contributed by atoms with Gasteiger partial charge in [0.05, 0.1) is 16.8 Å². The maximum absolute atomic E-state index is 14.5. The highest BCUT2D eigenvalue weighted by molar-refractivity contribution is 14.1. The molecule has 0 radical (unpaired) electrons. The van der Waals surface area contributed by atoms with E-state index in [0.29, 0.717) is 5.56 Å². The minimum Gasteiger partial charge on any atom is -0.384 e. The van der Waals surface area contributed by atoms with Gasteiger partial charge in [0.25, 0.3) is 11.8 Å². The van der Waals surface area contributed by atoms with Crippen LogP contribution < -0.4 is 16.4 Å². The molecule has 2 amide bonds. The number of pyridine rings is 1. The number of nitrogens with two attached hydrogens (primary N) is 1. The molecule has 0 bridgehead atoms. The molecular formula is C22H18F2IN5O2. The van der Waals surface area contributed by atoms with Gasteiger partial charge in [0.15, 0.2) is 0 Å². The molecule has 0 aliphatic carbocycles. The molecule has 3 aromatic rings. The summed E-state index contributed by atoms with van der Waals surface area (Å²) in [5, 5.41) is 5.01. The van der Waals surface area contributed by atoms with Crippen molar-refractivity contribution >= 4 is 51.7 Å². The fraction of sp³-hybridized carbons (Fsp3) is 0.0909.